The Hall–Kier alpha value is -2.40. The summed E-state index contributed by atoms with van der Waals surface area (Å²) in [6, 6.07) is 12.9. The SMILES string of the molecule is C=C(C)c1ccc2c(c1)C=C([N+](=O)[O-])C(c1ccc(Br)cc1)O2. The van der Waals surface area contributed by atoms with Gasteiger partial charge in [-0.05, 0) is 36.8 Å². The molecule has 0 radical (unpaired) electrons. The molecule has 4 nitrogen and oxygen atoms in total. The molecule has 116 valence electrons. The minimum Gasteiger partial charge on any atom is -0.474 e. The van der Waals surface area contributed by atoms with E-state index in [1.165, 1.54) is 0 Å². The Kier molecular flexibility index (Phi) is 4.05. The van der Waals surface area contributed by atoms with E-state index in [0.29, 0.717) is 11.3 Å². The standard InChI is InChI=1S/C18H14BrNO3/c1-11(2)13-5-8-17-14(9-13)10-16(20(21)22)18(23-17)12-3-6-15(19)7-4-12/h3-10,18H,1H2,2H3. The summed E-state index contributed by atoms with van der Waals surface area (Å²) >= 11 is 3.36. The van der Waals surface area contributed by atoms with Crippen LogP contribution in [0, 0.1) is 10.1 Å². The van der Waals surface area contributed by atoms with E-state index >= 15 is 0 Å². The number of hydrogen-bond acceptors (Lipinski definition) is 3. The van der Waals surface area contributed by atoms with Crippen LogP contribution in [0.1, 0.15) is 29.7 Å². The maximum Gasteiger partial charge on any atom is 0.291 e. The number of nitrogens with zero attached hydrogens (tertiary/aromatic N) is 1. The van der Waals surface area contributed by atoms with Gasteiger partial charge in [0, 0.05) is 21.7 Å². The van der Waals surface area contributed by atoms with E-state index in [0.717, 1.165) is 21.2 Å². The zero-order chi connectivity index (χ0) is 16.6. The Bertz CT molecular complexity index is 825. The van der Waals surface area contributed by atoms with E-state index < -0.39 is 6.10 Å². The molecule has 0 fully saturated rings. The van der Waals surface area contributed by atoms with Crippen LogP contribution in [0.15, 0.2) is 59.2 Å². The van der Waals surface area contributed by atoms with Gasteiger partial charge in [-0.2, -0.15) is 0 Å². The quantitative estimate of drug-likeness (QED) is 0.547. The largest absolute Gasteiger partial charge is 0.474 e. The fraction of sp³-hybridized carbons (Fsp3) is 0.111. The molecule has 2 aromatic carbocycles. The third-order valence-corrected chi connectivity index (χ3v) is 4.23. The fourth-order valence-corrected chi connectivity index (χ4v) is 2.75. The summed E-state index contributed by atoms with van der Waals surface area (Å²) in [5.41, 5.74) is 3.31. The molecule has 5 heteroatoms. The van der Waals surface area contributed by atoms with E-state index in [2.05, 4.69) is 22.5 Å². The Morgan fingerprint density at radius 3 is 2.57 bits per heavy atom. The number of hydrogen-bond donors (Lipinski definition) is 0. The van der Waals surface area contributed by atoms with Gasteiger partial charge in [0.2, 0.25) is 6.10 Å². The predicted octanol–water partition coefficient (Wildman–Crippen LogP) is 5.23. The number of benzene rings is 2. The van der Waals surface area contributed by atoms with Gasteiger partial charge in [-0.15, -0.1) is 0 Å². The molecule has 1 aliphatic rings. The van der Waals surface area contributed by atoms with Crippen molar-refractivity contribution in [2.24, 2.45) is 0 Å². The van der Waals surface area contributed by atoms with Crippen molar-refractivity contribution >= 4 is 27.6 Å². The van der Waals surface area contributed by atoms with Gasteiger partial charge >= 0.3 is 0 Å². The number of halogens is 1. The van der Waals surface area contributed by atoms with Gasteiger partial charge < -0.3 is 4.74 Å². The average Bonchev–Trinajstić information content (AvgIpc) is 2.53. The molecule has 0 aliphatic carbocycles. The van der Waals surface area contributed by atoms with Gasteiger partial charge in [-0.25, -0.2) is 0 Å². The van der Waals surface area contributed by atoms with Gasteiger partial charge in [0.1, 0.15) is 5.75 Å². The minimum atomic E-state index is -0.721. The summed E-state index contributed by atoms with van der Waals surface area (Å²) in [5.74, 6) is 0.633. The normalized spacial score (nSPS) is 16.1. The number of allylic oxidation sites excluding steroid dienone is 1. The van der Waals surface area contributed by atoms with Crippen LogP contribution < -0.4 is 4.74 Å². The van der Waals surface area contributed by atoms with Gasteiger partial charge in [0.25, 0.3) is 5.70 Å². The molecular weight excluding hydrogens is 358 g/mol. The first-order chi connectivity index (χ1) is 11.0. The van der Waals surface area contributed by atoms with Crippen LogP contribution >= 0.6 is 15.9 Å². The first-order valence-electron chi connectivity index (χ1n) is 7.04. The van der Waals surface area contributed by atoms with Crippen LogP contribution in [-0.2, 0) is 0 Å². The molecule has 0 spiro atoms. The lowest BCUT2D eigenvalue weighted by Gasteiger charge is -2.23. The van der Waals surface area contributed by atoms with Crippen LogP contribution in [0.5, 0.6) is 5.75 Å². The maximum atomic E-state index is 11.5. The summed E-state index contributed by atoms with van der Waals surface area (Å²) in [7, 11) is 0. The van der Waals surface area contributed by atoms with Gasteiger partial charge in [0.05, 0.1) is 4.92 Å². The van der Waals surface area contributed by atoms with Crippen molar-refractivity contribution < 1.29 is 9.66 Å². The Morgan fingerprint density at radius 2 is 1.96 bits per heavy atom. The number of nitro groups is 1. The monoisotopic (exact) mass is 371 g/mol. The van der Waals surface area contributed by atoms with Crippen molar-refractivity contribution in [2.75, 3.05) is 0 Å². The number of ether oxygens (including phenoxy) is 1. The van der Waals surface area contributed by atoms with Crippen LogP contribution in [-0.4, -0.2) is 4.92 Å². The highest BCUT2D eigenvalue weighted by Gasteiger charge is 2.33. The smallest absolute Gasteiger partial charge is 0.291 e. The second-order valence-electron chi connectivity index (χ2n) is 5.41. The molecule has 1 aliphatic heterocycles. The first kappa shape index (κ1) is 15.5. The Labute approximate surface area is 142 Å². The Balaban J connectivity index is 2.08. The zero-order valence-electron chi connectivity index (χ0n) is 12.5. The van der Waals surface area contributed by atoms with Gasteiger partial charge in [-0.3, -0.25) is 10.1 Å². The maximum absolute atomic E-state index is 11.5. The van der Waals surface area contributed by atoms with Crippen molar-refractivity contribution in [3.8, 4) is 5.75 Å². The minimum absolute atomic E-state index is 0.0266. The molecule has 1 heterocycles. The second kappa shape index (κ2) is 6.01. The number of rotatable bonds is 3. The zero-order valence-corrected chi connectivity index (χ0v) is 14.0. The average molecular weight is 372 g/mol. The molecular formula is C18H14BrNO3. The molecule has 3 rings (SSSR count). The second-order valence-corrected chi connectivity index (χ2v) is 6.32. The summed E-state index contributed by atoms with van der Waals surface area (Å²) in [4.78, 5) is 11.1. The lowest BCUT2D eigenvalue weighted by Crippen LogP contribution is -2.19. The number of fused-ring (bicyclic) bond motifs is 1. The molecule has 0 amide bonds. The van der Waals surface area contributed by atoms with Crippen molar-refractivity contribution in [2.45, 2.75) is 13.0 Å². The Morgan fingerprint density at radius 1 is 1.26 bits per heavy atom. The van der Waals surface area contributed by atoms with E-state index in [1.54, 1.807) is 6.08 Å². The molecule has 0 N–H and O–H groups in total. The van der Waals surface area contributed by atoms with Gasteiger partial charge in [-0.1, -0.05) is 46.3 Å². The van der Waals surface area contributed by atoms with Crippen LogP contribution in [0.25, 0.3) is 11.6 Å². The van der Waals surface area contributed by atoms with Crippen LogP contribution in [0.4, 0.5) is 0 Å². The van der Waals surface area contributed by atoms with Crippen molar-refractivity contribution in [3.63, 3.8) is 0 Å². The molecule has 0 bridgehead atoms. The van der Waals surface area contributed by atoms with E-state index in [-0.39, 0.29) is 10.6 Å². The lowest BCUT2D eigenvalue weighted by atomic mass is 9.98. The fourth-order valence-electron chi connectivity index (χ4n) is 2.48. The third-order valence-electron chi connectivity index (χ3n) is 3.70. The first-order valence-corrected chi connectivity index (χ1v) is 7.83. The van der Waals surface area contributed by atoms with E-state index in [9.17, 15) is 10.1 Å². The summed E-state index contributed by atoms with van der Waals surface area (Å²) < 4.78 is 6.82. The molecule has 1 unspecified atom stereocenters. The van der Waals surface area contributed by atoms with Crippen molar-refractivity contribution in [1.29, 1.82) is 0 Å². The van der Waals surface area contributed by atoms with Crippen LogP contribution in [0.3, 0.4) is 0 Å². The summed E-state index contributed by atoms with van der Waals surface area (Å²) in [5, 5.41) is 11.5. The topological polar surface area (TPSA) is 52.4 Å². The van der Waals surface area contributed by atoms with E-state index in [1.807, 2.05) is 49.4 Å². The summed E-state index contributed by atoms with van der Waals surface area (Å²) in [6.45, 7) is 5.80. The predicted molar refractivity (Wildman–Crippen MR) is 93.6 cm³/mol. The van der Waals surface area contributed by atoms with E-state index in [4.69, 9.17) is 4.74 Å². The molecule has 23 heavy (non-hydrogen) atoms. The van der Waals surface area contributed by atoms with Crippen molar-refractivity contribution in [1.82, 2.24) is 0 Å². The van der Waals surface area contributed by atoms with Crippen LogP contribution in [0.2, 0.25) is 0 Å². The molecule has 0 aromatic heterocycles. The summed E-state index contributed by atoms with van der Waals surface area (Å²) in [6.07, 6.45) is 0.860. The van der Waals surface area contributed by atoms with Crippen molar-refractivity contribution in [3.05, 3.63) is 86.0 Å². The molecule has 2 aromatic rings. The highest BCUT2D eigenvalue weighted by Crippen LogP contribution is 2.38. The third kappa shape index (κ3) is 3.05. The lowest BCUT2D eigenvalue weighted by molar-refractivity contribution is -0.434. The molecule has 0 saturated heterocycles. The highest BCUT2D eigenvalue weighted by molar-refractivity contribution is 9.10. The molecule has 1 atom stereocenters. The highest BCUT2D eigenvalue weighted by atomic mass is 79.9. The molecule has 0 saturated carbocycles. The van der Waals surface area contributed by atoms with Gasteiger partial charge in [0.15, 0.2) is 0 Å².